The van der Waals surface area contributed by atoms with Crippen LogP contribution in [0.15, 0.2) is 76.5 Å². The third kappa shape index (κ3) is 2.71. The molecule has 0 fully saturated rings. The first-order valence-electron chi connectivity index (χ1n) is 7.76. The Morgan fingerprint density at radius 2 is 1.38 bits per heavy atom. The van der Waals surface area contributed by atoms with Crippen molar-refractivity contribution in [3.8, 4) is 6.07 Å². The van der Waals surface area contributed by atoms with Crippen LogP contribution in [0.5, 0.6) is 0 Å². The van der Waals surface area contributed by atoms with Gasteiger partial charge in [0.15, 0.2) is 0 Å². The van der Waals surface area contributed by atoms with E-state index in [9.17, 15) is 13.2 Å². The number of fused-ring (bicyclic) bond motifs is 2. The Kier molecular flexibility index (Phi) is 3.89. The SMILES string of the molecule is N#Cc1ccc(N2c3ccccc3Sc3ccccc32)c(C(F)(F)F)c1. The minimum atomic E-state index is -4.57. The normalized spacial score (nSPS) is 12.9. The lowest BCUT2D eigenvalue weighted by atomic mass is 10.1. The van der Waals surface area contributed by atoms with E-state index in [0.29, 0.717) is 11.4 Å². The summed E-state index contributed by atoms with van der Waals surface area (Å²) in [5.41, 5.74) is 0.539. The van der Waals surface area contributed by atoms with Gasteiger partial charge in [-0.1, -0.05) is 36.0 Å². The van der Waals surface area contributed by atoms with E-state index in [2.05, 4.69) is 0 Å². The molecule has 1 aliphatic heterocycles. The van der Waals surface area contributed by atoms with E-state index in [4.69, 9.17) is 5.26 Å². The highest BCUT2D eigenvalue weighted by atomic mass is 32.2. The van der Waals surface area contributed by atoms with Crippen LogP contribution in [-0.4, -0.2) is 0 Å². The second kappa shape index (κ2) is 6.11. The Balaban J connectivity index is 2.01. The van der Waals surface area contributed by atoms with Gasteiger partial charge in [-0.25, -0.2) is 0 Å². The number of benzene rings is 3. The van der Waals surface area contributed by atoms with Crippen molar-refractivity contribution in [2.75, 3.05) is 4.90 Å². The van der Waals surface area contributed by atoms with Gasteiger partial charge in [0.2, 0.25) is 0 Å². The first kappa shape index (κ1) is 16.6. The van der Waals surface area contributed by atoms with Crippen LogP contribution in [0, 0.1) is 11.3 Å². The summed E-state index contributed by atoms with van der Waals surface area (Å²) in [5.74, 6) is 0. The van der Waals surface area contributed by atoms with Gasteiger partial charge in [-0.05, 0) is 42.5 Å². The van der Waals surface area contributed by atoms with Gasteiger partial charge in [0.25, 0.3) is 0 Å². The summed E-state index contributed by atoms with van der Waals surface area (Å²) < 4.78 is 41.2. The second-order valence-electron chi connectivity index (χ2n) is 5.71. The van der Waals surface area contributed by atoms with Crippen molar-refractivity contribution in [1.29, 1.82) is 5.26 Å². The molecule has 1 aliphatic rings. The molecule has 4 rings (SSSR count). The summed E-state index contributed by atoms with van der Waals surface area (Å²) in [6.07, 6.45) is -4.57. The molecule has 3 aromatic carbocycles. The van der Waals surface area contributed by atoms with Crippen LogP contribution in [-0.2, 0) is 6.18 Å². The fourth-order valence-electron chi connectivity index (χ4n) is 2.99. The van der Waals surface area contributed by atoms with Gasteiger partial charge in [-0.2, -0.15) is 18.4 Å². The van der Waals surface area contributed by atoms with Crippen molar-refractivity contribution in [1.82, 2.24) is 0 Å². The van der Waals surface area contributed by atoms with E-state index in [1.165, 1.54) is 23.9 Å². The summed E-state index contributed by atoms with van der Waals surface area (Å²) in [5, 5.41) is 9.01. The van der Waals surface area contributed by atoms with Crippen molar-refractivity contribution in [3.05, 3.63) is 77.9 Å². The van der Waals surface area contributed by atoms with Crippen LogP contribution in [0.2, 0.25) is 0 Å². The van der Waals surface area contributed by atoms with Crippen molar-refractivity contribution in [3.63, 3.8) is 0 Å². The van der Waals surface area contributed by atoms with Gasteiger partial charge in [-0.15, -0.1) is 0 Å². The lowest BCUT2D eigenvalue weighted by Gasteiger charge is -2.34. The number of alkyl halides is 3. The van der Waals surface area contributed by atoms with Crippen molar-refractivity contribution >= 4 is 28.8 Å². The highest BCUT2D eigenvalue weighted by Crippen LogP contribution is 2.53. The zero-order valence-corrected chi connectivity index (χ0v) is 14.1. The van der Waals surface area contributed by atoms with Gasteiger partial charge >= 0.3 is 6.18 Å². The topological polar surface area (TPSA) is 27.0 Å². The summed E-state index contributed by atoms with van der Waals surface area (Å²) >= 11 is 1.53. The van der Waals surface area contributed by atoms with Gasteiger partial charge in [-0.3, -0.25) is 0 Å². The Hall–Kier alpha value is -2.91. The molecule has 2 nitrogen and oxygen atoms in total. The summed E-state index contributed by atoms with van der Waals surface area (Å²) in [7, 11) is 0. The number of rotatable bonds is 1. The third-order valence-electron chi connectivity index (χ3n) is 4.10. The molecule has 0 saturated heterocycles. The molecule has 0 atom stereocenters. The Morgan fingerprint density at radius 3 is 1.92 bits per heavy atom. The molecule has 0 saturated carbocycles. The number of para-hydroxylation sites is 2. The average molecular weight is 368 g/mol. The van der Waals surface area contributed by atoms with Gasteiger partial charge in [0.05, 0.1) is 34.3 Å². The number of hydrogen-bond acceptors (Lipinski definition) is 3. The van der Waals surface area contributed by atoms with E-state index in [-0.39, 0.29) is 11.3 Å². The molecule has 3 aromatic rings. The zero-order valence-electron chi connectivity index (χ0n) is 13.3. The van der Waals surface area contributed by atoms with Crippen LogP contribution < -0.4 is 4.90 Å². The van der Waals surface area contributed by atoms with Gasteiger partial charge in [0.1, 0.15) is 0 Å². The summed E-state index contributed by atoms with van der Waals surface area (Å²) in [6.45, 7) is 0. The van der Waals surface area contributed by atoms with Gasteiger partial charge in [0, 0.05) is 9.79 Å². The maximum absolute atomic E-state index is 13.7. The molecule has 0 bridgehead atoms. The molecule has 26 heavy (non-hydrogen) atoms. The highest BCUT2D eigenvalue weighted by molar-refractivity contribution is 7.99. The third-order valence-corrected chi connectivity index (χ3v) is 5.23. The van der Waals surface area contributed by atoms with Crippen LogP contribution in [0.4, 0.5) is 30.2 Å². The minimum Gasteiger partial charge on any atom is -0.308 e. The highest BCUT2D eigenvalue weighted by Gasteiger charge is 2.37. The minimum absolute atomic E-state index is 0.0108. The zero-order chi connectivity index (χ0) is 18.3. The monoisotopic (exact) mass is 368 g/mol. The lowest BCUT2D eigenvalue weighted by Crippen LogP contribution is -2.19. The van der Waals surface area contributed by atoms with E-state index in [1.807, 2.05) is 24.3 Å². The first-order valence-corrected chi connectivity index (χ1v) is 8.58. The number of nitriles is 1. The fourth-order valence-corrected chi connectivity index (χ4v) is 4.05. The van der Waals surface area contributed by atoms with Crippen molar-refractivity contribution in [2.24, 2.45) is 0 Å². The van der Waals surface area contributed by atoms with Crippen molar-refractivity contribution < 1.29 is 13.2 Å². The van der Waals surface area contributed by atoms with Crippen LogP contribution in [0.3, 0.4) is 0 Å². The molecule has 128 valence electrons. The van der Waals surface area contributed by atoms with Crippen LogP contribution >= 0.6 is 11.8 Å². The number of hydrogen-bond donors (Lipinski definition) is 0. The molecule has 0 aromatic heterocycles. The van der Waals surface area contributed by atoms with Gasteiger partial charge < -0.3 is 4.90 Å². The first-order chi connectivity index (χ1) is 12.5. The van der Waals surface area contributed by atoms with E-state index in [0.717, 1.165) is 15.9 Å². The molecule has 1 heterocycles. The Morgan fingerprint density at radius 1 is 0.808 bits per heavy atom. The molecule has 0 radical (unpaired) electrons. The smallest absolute Gasteiger partial charge is 0.308 e. The Labute approximate surface area is 152 Å². The molecule has 0 amide bonds. The Bertz CT molecular complexity index is 992. The average Bonchev–Trinajstić information content (AvgIpc) is 2.65. The summed E-state index contributed by atoms with van der Waals surface area (Å²) in [6, 6.07) is 20.2. The summed E-state index contributed by atoms with van der Waals surface area (Å²) in [4.78, 5) is 3.37. The van der Waals surface area contributed by atoms with E-state index >= 15 is 0 Å². The van der Waals surface area contributed by atoms with Crippen LogP contribution in [0.25, 0.3) is 0 Å². The molecule has 6 heteroatoms. The number of anilines is 3. The maximum atomic E-state index is 13.7. The number of nitrogens with zero attached hydrogens (tertiary/aromatic N) is 2. The predicted molar refractivity (Wildman–Crippen MR) is 95.0 cm³/mol. The van der Waals surface area contributed by atoms with E-state index < -0.39 is 11.7 Å². The largest absolute Gasteiger partial charge is 0.418 e. The number of halogens is 3. The second-order valence-corrected chi connectivity index (χ2v) is 6.80. The maximum Gasteiger partial charge on any atom is 0.418 e. The molecule has 0 aliphatic carbocycles. The quantitative estimate of drug-likeness (QED) is 0.383. The molecular weight excluding hydrogens is 357 g/mol. The molecule has 0 spiro atoms. The molecule has 0 N–H and O–H groups in total. The van der Waals surface area contributed by atoms with E-state index in [1.54, 1.807) is 35.2 Å². The van der Waals surface area contributed by atoms with Crippen molar-refractivity contribution in [2.45, 2.75) is 16.0 Å². The fraction of sp³-hybridized carbons (Fsp3) is 0.0500. The predicted octanol–water partition coefficient (Wildman–Crippen LogP) is 6.51. The molecular formula is C20H11F3N2S. The lowest BCUT2D eigenvalue weighted by molar-refractivity contribution is -0.137. The molecule has 0 unspecified atom stereocenters. The standard InChI is InChI=1S/C20H11F3N2S/c21-20(22,23)14-11-13(12-24)9-10-15(14)25-16-5-1-3-7-18(16)26-19-8-4-2-6-17(19)25/h1-11H. The van der Waals surface area contributed by atoms with Crippen LogP contribution in [0.1, 0.15) is 11.1 Å².